The van der Waals surface area contributed by atoms with Crippen LogP contribution in [0.25, 0.3) is 0 Å². The zero-order chi connectivity index (χ0) is 12.8. The van der Waals surface area contributed by atoms with E-state index in [-0.39, 0.29) is 11.8 Å². The quantitative estimate of drug-likeness (QED) is 0.772. The molecular weight excluding hydrogens is 216 g/mol. The number of carbonyl (C=O) groups is 1. The summed E-state index contributed by atoms with van der Waals surface area (Å²) in [5, 5.41) is 2.84. The molecule has 0 bridgehead atoms. The summed E-state index contributed by atoms with van der Waals surface area (Å²) < 4.78 is 5.17. The van der Waals surface area contributed by atoms with Gasteiger partial charge in [0.25, 0.3) is 0 Å². The smallest absolute Gasteiger partial charge is 0.227 e. The van der Waals surface area contributed by atoms with Crippen molar-refractivity contribution in [2.45, 2.75) is 26.7 Å². The van der Waals surface area contributed by atoms with Crippen LogP contribution in [-0.4, -0.2) is 13.0 Å². The van der Waals surface area contributed by atoms with Crippen molar-refractivity contribution in [3.63, 3.8) is 0 Å². The molecule has 1 aromatic rings. The SMILES string of the molecule is CCC[C@@H](C)C(=O)Nc1cc(N)ccc1OC. The summed E-state index contributed by atoms with van der Waals surface area (Å²) in [6.45, 7) is 3.97. The third-order valence-corrected chi connectivity index (χ3v) is 2.65. The van der Waals surface area contributed by atoms with Crippen LogP contribution in [0, 0.1) is 5.92 Å². The Morgan fingerprint density at radius 1 is 1.53 bits per heavy atom. The van der Waals surface area contributed by atoms with E-state index in [1.54, 1.807) is 25.3 Å². The Morgan fingerprint density at radius 2 is 2.24 bits per heavy atom. The fraction of sp³-hybridized carbons (Fsp3) is 0.462. The van der Waals surface area contributed by atoms with Crippen LogP contribution in [0.15, 0.2) is 18.2 Å². The first-order valence-corrected chi connectivity index (χ1v) is 5.82. The van der Waals surface area contributed by atoms with Gasteiger partial charge in [-0.2, -0.15) is 0 Å². The highest BCUT2D eigenvalue weighted by Gasteiger charge is 2.14. The molecule has 4 heteroatoms. The lowest BCUT2D eigenvalue weighted by Gasteiger charge is -2.14. The van der Waals surface area contributed by atoms with Crippen molar-refractivity contribution in [3.8, 4) is 5.75 Å². The number of nitrogens with two attached hydrogens (primary N) is 1. The molecule has 1 rings (SSSR count). The van der Waals surface area contributed by atoms with E-state index in [9.17, 15) is 4.79 Å². The Labute approximate surface area is 102 Å². The van der Waals surface area contributed by atoms with Crippen LogP contribution in [0.5, 0.6) is 5.75 Å². The summed E-state index contributed by atoms with van der Waals surface area (Å²) in [5.41, 5.74) is 6.91. The Bertz CT molecular complexity index is 391. The van der Waals surface area contributed by atoms with Gasteiger partial charge in [-0.1, -0.05) is 20.3 Å². The van der Waals surface area contributed by atoms with E-state index in [2.05, 4.69) is 12.2 Å². The lowest BCUT2D eigenvalue weighted by atomic mass is 10.1. The van der Waals surface area contributed by atoms with Gasteiger partial charge in [0.1, 0.15) is 5.75 Å². The molecule has 17 heavy (non-hydrogen) atoms. The number of anilines is 2. The molecule has 0 aliphatic heterocycles. The van der Waals surface area contributed by atoms with Crippen molar-refractivity contribution in [2.75, 3.05) is 18.2 Å². The maximum absolute atomic E-state index is 11.9. The normalized spacial score (nSPS) is 11.9. The van der Waals surface area contributed by atoms with Crippen molar-refractivity contribution in [1.29, 1.82) is 0 Å². The number of nitrogens with one attached hydrogen (secondary N) is 1. The van der Waals surface area contributed by atoms with Crippen molar-refractivity contribution in [3.05, 3.63) is 18.2 Å². The number of nitrogen functional groups attached to an aromatic ring is 1. The second kappa shape index (κ2) is 6.13. The van der Waals surface area contributed by atoms with E-state index in [1.165, 1.54) is 0 Å². The topological polar surface area (TPSA) is 64.4 Å². The highest BCUT2D eigenvalue weighted by atomic mass is 16.5. The second-order valence-electron chi connectivity index (χ2n) is 4.14. The predicted octanol–water partition coefficient (Wildman–Crippen LogP) is 2.65. The molecule has 0 aromatic heterocycles. The highest BCUT2D eigenvalue weighted by Crippen LogP contribution is 2.27. The number of amides is 1. The fourth-order valence-corrected chi connectivity index (χ4v) is 1.64. The summed E-state index contributed by atoms with van der Waals surface area (Å²) >= 11 is 0. The minimum absolute atomic E-state index is 0.00394. The molecule has 0 fully saturated rings. The van der Waals surface area contributed by atoms with E-state index in [0.717, 1.165) is 12.8 Å². The zero-order valence-corrected chi connectivity index (χ0v) is 10.6. The Hall–Kier alpha value is -1.71. The molecule has 1 aromatic carbocycles. The molecule has 1 atom stereocenters. The molecular formula is C13H20N2O2. The first-order valence-electron chi connectivity index (χ1n) is 5.82. The molecule has 1 amide bonds. The van der Waals surface area contributed by atoms with Crippen LogP contribution < -0.4 is 15.8 Å². The Balaban J connectivity index is 2.79. The molecule has 0 aliphatic carbocycles. The number of ether oxygens (including phenoxy) is 1. The third kappa shape index (κ3) is 3.66. The van der Waals surface area contributed by atoms with E-state index < -0.39 is 0 Å². The maximum atomic E-state index is 11.9. The van der Waals surface area contributed by atoms with Crippen molar-refractivity contribution >= 4 is 17.3 Å². The minimum Gasteiger partial charge on any atom is -0.495 e. The van der Waals surface area contributed by atoms with Crippen LogP contribution in [-0.2, 0) is 4.79 Å². The van der Waals surface area contributed by atoms with E-state index in [4.69, 9.17) is 10.5 Å². The van der Waals surface area contributed by atoms with Gasteiger partial charge in [0.15, 0.2) is 0 Å². The third-order valence-electron chi connectivity index (χ3n) is 2.65. The zero-order valence-electron chi connectivity index (χ0n) is 10.6. The average Bonchev–Trinajstić information content (AvgIpc) is 2.29. The number of methoxy groups -OCH3 is 1. The van der Waals surface area contributed by atoms with E-state index >= 15 is 0 Å². The van der Waals surface area contributed by atoms with Gasteiger partial charge >= 0.3 is 0 Å². The van der Waals surface area contributed by atoms with Gasteiger partial charge in [-0.05, 0) is 24.6 Å². The van der Waals surface area contributed by atoms with Gasteiger partial charge < -0.3 is 15.8 Å². The van der Waals surface area contributed by atoms with E-state index in [1.807, 2.05) is 6.92 Å². The van der Waals surface area contributed by atoms with Crippen LogP contribution in [0.4, 0.5) is 11.4 Å². The first-order chi connectivity index (χ1) is 8.08. The highest BCUT2D eigenvalue weighted by molar-refractivity contribution is 5.94. The summed E-state index contributed by atoms with van der Waals surface area (Å²) in [4.78, 5) is 11.9. The largest absolute Gasteiger partial charge is 0.495 e. The van der Waals surface area contributed by atoms with Gasteiger partial charge in [-0.25, -0.2) is 0 Å². The molecule has 0 saturated heterocycles. The minimum atomic E-state index is -0.00821. The lowest BCUT2D eigenvalue weighted by molar-refractivity contribution is -0.119. The average molecular weight is 236 g/mol. The van der Waals surface area contributed by atoms with Crippen LogP contribution >= 0.6 is 0 Å². The Kier molecular flexibility index (Phi) is 4.82. The predicted molar refractivity (Wildman–Crippen MR) is 70.1 cm³/mol. The monoisotopic (exact) mass is 236 g/mol. The second-order valence-corrected chi connectivity index (χ2v) is 4.14. The van der Waals surface area contributed by atoms with Crippen LogP contribution in [0.2, 0.25) is 0 Å². The number of carbonyl (C=O) groups excluding carboxylic acids is 1. The fourth-order valence-electron chi connectivity index (χ4n) is 1.64. The molecule has 0 unspecified atom stereocenters. The van der Waals surface area contributed by atoms with Gasteiger partial charge in [-0.3, -0.25) is 4.79 Å². The maximum Gasteiger partial charge on any atom is 0.227 e. The van der Waals surface area contributed by atoms with Crippen molar-refractivity contribution in [2.24, 2.45) is 5.92 Å². The van der Waals surface area contributed by atoms with Crippen molar-refractivity contribution < 1.29 is 9.53 Å². The molecule has 0 saturated carbocycles. The molecule has 4 nitrogen and oxygen atoms in total. The van der Waals surface area contributed by atoms with E-state index in [0.29, 0.717) is 17.1 Å². The van der Waals surface area contributed by atoms with Gasteiger partial charge in [0, 0.05) is 11.6 Å². The number of rotatable bonds is 5. The molecule has 3 N–H and O–H groups in total. The summed E-state index contributed by atoms with van der Waals surface area (Å²) in [6, 6.07) is 5.19. The van der Waals surface area contributed by atoms with Gasteiger partial charge in [-0.15, -0.1) is 0 Å². The van der Waals surface area contributed by atoms with Crippen molar-refractivity contribution in [1.82, 2.24) is 0 Å². The molecule has 0 aliphatic rings. The number of benzene rings is 1. The molecule has 94 valence electrons. The number of hydrogen-bond acceptors (Lipinski definition) is 3. The summed E-state index contributed by atoms with van der Waals surface area (Å²) in [7, 11) is 1.57. The van der Waals surface area contributed by atoms with Crippen LogP contribution in [0.3, 0.4) is 0 Å². The molecule has 0 radical (unpaired) electrons. The lowest BCUT2D eigenvalue weighted by Crippen LogP contribution is -2.20. The number of hydrogen-bond donors (Lipinski definition) is 2. The van der Waals surface area contributed by atoms with Crippen LogP contribution in [0.1, 0.15) is 26.7 Å². The standard InChI is InChI=1S/C13H20N2O2/c1-4-5-9(2)13(16)15-11-8-10(14)6-7-12(11)17-3/h6-9H,4-5,14H2,1-3H3,(H,15,16)/t9-/m1/s1. The molecule has 0 heterocycles. The first kappa shape index (κ1) is 13.4. The Morgan fingerprint density at radius 3 is 2.82 bits per heavy atom. The summed E-state index contributed by atoms with van der Waals surface area (Å²) in [5.74, 6) is 0.609. The van der Waals surface area contributed by atoms with Gasteiger partial charge in [0.05, 0.1) is 12.8 Å². The van der Waals surface area contributed by atoms with Gasteiger partial charge in [0.2, 0.25) is 5.91 Å². The summed E-state index contributed by atoms with van der Waals surface area (Å²) in [6.07, 6.45) is 1.86. The molecule has 0 spiro atoms.